The number of rotatable bonds is 5. The molecule has 0 saturated heterocycles. The lowest BCUT2D eigenvalue weighted by Crippen LogP contribution is -2.22. The Balaban J connectivity index is 2.15. The SMILES string of the molecule is Cn1cc(S(=O)(=O)NCc2cccc(Cl)c2)cc1CN. The maximum atomic E-state index is 12.2. The maximum absolute atomic E-state index is 12.2. The van der Waals surface area contributed by atoms with E-state index in [9.17, 15) is 8.42 Å². The number of aryl methyl sites for hydroxylation is 1. The number of halogens is 1. The van der Waals surface area contributed by atoms with E-state index in [0.717, 1.165) is 11.3 Å². The van der Waals surface area contributed by atoms with Gasteiger partial charge in [-0.3, -0.25) is 0 Å². The van der Waals surface area contributed by atoms with E-state index < -0.39 is 10.0 Å². The summed E-state index contributed by atoms with van der Waals surface area (Å²) >= 11 is 5.86. The molecule has 1 aromatic carbocycles. The first kappa shape index (κ1) is 15.1. The Morgan fingerprint density at radius 3 is 2.70 bits per heavy atom. The van der Waals surface area contributed by atoms with E-state index >= 15 is 0 Å². The van der Waals surface area contributed by atoms with Crippen molar-refractivity contribution in [3.8, 4) is 0 Å². The first-order valence-corrected chi connectivity index (χ1v) is 7.88. The van der Waals surface area contributed by atoms with Crippen molar-refractivity contribution in [1.82, 2.24) is 9.29 Å². The summed E-state index contributed by atoms with van der Waals surface area (Å²) in [6.07, 6.45) is 1.54. The molecule has 1 aromatic heterocycles. The zero-order chi connectivity index (χ0) is 14.8. The average Bonchev–Trinajstić information content (AvgIpc) is 2.79. The molecule has 108 valence electrons. The Morgan fingerprint density at radius 2 is 2.10 bits per heavy atom. The molecule has 0 radical (unpaired) electrons. The van der Waals surface area contributed by atoms with E-state index in [4.69, 9.17) is 17.3 Å². The summed E-state index contributed by atoms with van der Waals surface area (Å²) in [6.45, 7) is 0.482. The molecule has 0 amide bonds. The molecule has 0 saturated carbocycles. The highest BCUT2D eigenvalue weighted by atomic mass is 35.5. The second-order valence-corrected chi connectivity index (χ2v) is 6.64. The van der Waals surface area contributed by atoms with Crippen LogP contribution < -0.4 is 10.5 Å². The van der Waals surface area contributed by atoms with E-state index in [0.29, 0.717) is 11.6 Å². The van der Waals surface area contributed by atoms with Crippen LogP contribution in [0.3, 0.4) is 0 Å². The van der Waals surface area contributed by atoms with Gasteiger partial charge in [0.2, 0.25) is 10.0 Å². The van der Waals surface area contributed by atoms with E-state index in [2.05, 4.69) is 4.72 Å². The van der Waals surface area contributed by atoms with E-state index in [1.807, 2.05) is 6.07 Å². The number of benzene rings is 1. The average molecular weight is 314 g/mol. The second kappa shape index (κ2) is 5.97. The third-order valence-electron chi connectivity index (χ3n) is 2.96. The Morgan fingerprint density at radius 1 is 1.35 bits per heavy atom. The van der Waals surface area contributed by atoms with Gasteiger partial charge in [0.15, 0.2) is 0 Å². The third-order valence-corrected chi connectivity index (χ3v) is 4.56. The van der Waals surface area contributed by atoms with Crippen LogP contribution in [0.2, 0.25) is 5.02 Å². The number of hydrogen-bond donors (Lipinski definition) is 2. The van der Waals surface area contributed by atoms with Crippen molar-refractivity contribution in [2.24, 2.45) is 12.8 Å². The number of hydrogen-bond acceptors (Lipinski definition) is 3. The molecular formula is C13H16ClN3O2S. The molecule has 0 bridgehead atoms. The number of nitrogens with two attached hydrogens (primary N) is 1. The highest BCUT2D eigenvalue weighted by molar-refractivity contribution is 7.89. The molecule has 0 aliphatic heterocycles. The first-order valence-electron chi connectivity index (χ1n) is 6.02. The summed E-state index contributed by atoms with van der Waals surface area (Å²) in [5, 5.41) is 0.576. The fourth-order valence-electron chi connectivity index (χ4n) is 1.84. The number of aromatic nitrogens is 1. The third kappa shape index (κ3) is 3.40. The lowest BCUT2D eigenvalue weighted by molar-refractivity contribution is 0.581. The minimum atomic E-state index is -3.55. The molecule has 2 rings (SSSR count). The van der Waals surface area contributed by atoms with Gasteiger partial charge in [0.05, 0.1) is 4.90 Å². The van der Waals surface area contributed by atoms with Crippen molar-refractivity contribution in [1.29, 1.82) is 0 Å². The number of sulfonamides is 1. The molecule has 1 heterocycles. The van der Waals surface area contributed by atoms with E-state index in [1.54, 1.807) is 42.1 Å². The minimum absolute atomic E-state index is 0.190. The van der Waals surface area contributed by atoms with Crippen LogP contribution in [0, 0.1) is 0 Å². The molecule has 20 heavy (non-hydrogen) atoms. The van der Waals surface area contributed by atoms with Gasteiger partial charge in [-0.25, -0.2) is 13.1 Å². The first-order chi connectivity index (χ1) is 9.42. The highest BCUT2D eigenvalue weighted by Crippen LogP contribution is 2.15. The lowest BCUT2D eigenvalue weighted by Gasteiger charge is -2.05. The predicted octanol–water partition coefficient (Wildman–Crippen LogP) is 1.62. The summed E-state index contributed by atoms with van der Waals surface area (Å²) in [5.41, 5.74) is 7.10. The van der Waals surface area contributed by atoms with Crippen LogP contribution in [0.25, 0.3) is 0 Å². The van der Waals surface area contributed by atoms with Crippen LogP contribution in [0.15, 0.2) is 41.4 Å². The number of nitrogens with zero attached hydrogens (tertiary/aromatic N) is 1. The fourth-order valence-corrected chi connectivity index (χ4v) is 3.16. The molecular weight excluding hydrogens is 298 g/mol. The summed E-state index contributed by atoms with van der Waals surface area (Å²) < 4.78 is 28.6. The van der Waals surface area contributed by atoms with Crippen LogP contribution in [-0.4, -0.2) is 13.0 Å². The summed E-state index contributed by atoms with van der Waals surface area (Å²) in [5.74, 6) is 0. The molecule has 7 heteroatoms. The topological polar surface area (TPSA) is 77.1 Å². The smallest absolute Gasteiger partial charge is 0.242 e. The molecule has 0 fully saturated rings. The molecule has 0 aliphatic rings. The normalized spacial score (nSPS) is 11.8. The minimum Gasteiger partial charge on any atom is -0.352 e. The molecule has 0 aliphatic carbocycles. The summed E-state index contributed by atoms with van der Waals surface area (Å²) in [6, 6.07) is 8.62. The van der Waals surface area contributed by atoms with Crippen molar-refractivity contribution in [2.75, 3.05) is 0 Å². The fraction of sp³-hybridized carbons (Fsp3) is 0.231. The molecule has 3 N–H and O–H groups in total. The van der Waals surface area contributed by atoms with Gasteiger partial charge in [-0.2, -0.15) is 0 Å². The molecule has 0 unspecified atom stereocenters. The van der Waals surface area contributed by atoms with Gasteiger partial charge < -0.3 is 10.3 Å². The maximum Gasteiger partial charge on any atom is 0.242 e. The van der Waals surface area contributed by atoms with Crippen LogP contribution >= 0.6 is 11.6 Å². The molecule has 5 nitrogen and oxygen atoms in total. The van der Waals surface area contributed by atoms with Gasteiger partial charge >= 0.3 is 0 Å². The molecule has 0 spiro atoms. The zero-order valence-corrected chi connectivity index (χ0v) is 12.6. The zero-order valence-electron chi connectivity index (χ0n) is 11.0. The number of nitrogens with one attached hydrogen (secondary N) is 1. The van der Waals surface area contributed by atoms with Gasteiger partial charge in [-0.1, -0.05) is 23.7 Å². The summed E-state index contributed by atoms with van der Waals surface area (Å²) in [7, 11) is -1.79. The van der Waals surface area contributed by atoms with Crippen LogP contribution in [0.4, 0.5) is 0 Å². The van der Waals surface area contributed by atoms with Crippen LogP contribution in [-0.2, 0) is 30.2 Å². The van der Waals surface area contributed by atoms with Crippen LogP contribution in [0.1, 0.15) is 11.3 Å². The van der Waals surface area contributed by atoms with E-state index in [-0.39, 0.29) is 11.4 Å². The summed E-state index contributed by atoms with van der Waals surface area (Å²) in [4.78, 5) is 0.211. The van der Waals surface area contributed by atoms with E-state index in [1.165, 1.54) is 0 Å². The second-order valence-electron chi connectivity index (χ2n) is 4.44. The highest BCUT2D eigenvalue weighted by Gasteiger charge is 2.16. The van der Waals surface area contributed by atoms with Crippen molar-refractivity contribution in [3.63, 3.8) is 0 Å². The van der Waals surface area contributed by atoms with Gasteiger partial charge in [0.25, 0.3) is 0 Å². The van der Waals surface area contributed by atoms with Gasteiger partial charge in [0, 0.05) is 37.1 Å². The quantitative estimate of drug-likeness (QED) is 0.880. The predicted molar refractivity (Wildman–Crippen MR) is 78.8 cm³/mol. The van der Waals surface area contributed by atoms with Crippen molar-refractivity contribution >= 4 is 21.6 Å². The monoisotopic (exact) mass is 313 g/mol. The van der Waals surface area contributed by atoms with Gasteiger partial charge in [0.1, 0.15) is 0 Å². The Hall–Kier alpha value is -1.34. The Kier molecular flexibility index (Phi) is 4.49. The Bertz CT molecular complexity index is 710. The van der Waals surface area contributed by atoms with Crippen molar-refractivity contribution in [3.05, 3.63) is 52.8 Å². The molecule has 0 atom stereocenters. The lowest BCUT2D eigenvalue weighted by atomic mass is 10.2. The van der Waals surface area contributed by atoms with Gasteiger partial charge in [-0.15, -0.1) is 0 Å². The van der Waals surface area contributed by atoms with Gasteiger partial charge in [-0.05, 0) is 23.8 Å². The molecule has 2 aromatic rings. The van der Waals surface area contributed by atoms with Crippen LogP contribution in [0.5, 0.6) is 0 Å². The standard InChI is InChI=1S/C13H16ClN3O2S/c1-17-9-13(6-12(17)7-15)20(18,19)16-8-10-3-2-4-11(14)5-10/h2-6,9,16H,7-8,15H2,1H3. The van der Waals surface area contributed by atoms with Crippen molar-refractivity contribution < 1.29 is 8.42 Å². The van der Waals surface area contributed by atoms with Crippen molar-refractivity contribution in [2.45, 2.75) is 18.0 Å². The largest absolute Gasteiger partial charge is 0.352 e. The Labute approximate surface area is 123 Å².